The van der Waals surface area contributed by atoms with Crippen LogP contribution in [-0.4, -0.2) is 21.1 Å². The summed E-state index contributed by atoms with van der Waals surface area (Å²) in [6, 6.07) is 3.77. The van der Waals surface area contributed by atoms with Crippen molar-refractivity contribution in [2.75, 3.05) is 0 Å². The van der Waals surface area contributed by atoms with Gasteiger partial charge >= 0.3 is 6.18 Å². The quantitative estimate of drug-likeness (QED) is 0.934. The van der Waals surface area contributed by atoms with E-state index in [1.54, 1.807) is 18.6 Å². The number of nitrogens with zero attached hydrogens (tertiary/aromatic N) is 2. The van der Waals surface area contributed by atoms with E-state index in [1.807, 2.05) is 12.1 Å². The van der Waals surface area contributed by atoms with Gasteiger partial charge < -0.3 is 4.98 Å². The molecule has 1 fully saturated rings. The minimum absolute atomic E-state index is 0.203. The Hall–Kier alpha value is -1.85. The van der Waals surface area contributed by atoms with E-state index in [1.165, 1.54) is 0 Å². The van der Waals surface area contributed by atoms with E-state index in [2.05, 4.69) is 15.0 Å². The Balaban J connectivity index is 1.76. The van der Waals surface area contributed by atoms with E-state index >= 15 is 0 Å². The Morgan fingerprint density at radius 3 is 2.67 bits per heavy atom. The van der Waals surface area contributed by atoms with Crippen LogP contribution in [0.4, 0.5) is 13.2 Å². The maximum Gasteiger partial charge on any atom is 0.392 e. The standard InChI is InChI=1S/C15H16F3N3/c16-15(17,18)13-3-1-2-12(13)14-20-9-11(21-14)8-10-4-6-19-7-5-10/h4-7,9,12-13H,1-3,8H2,(H,20,21)/t12-,13+/m1/s1. The predicted octanol–water partition coefficient (Wildman–Crippen LogP) is 3.84. The molecule has 0 radical (unpaired) electrons. The van der Waals surface area contributed by atoms with Gasteiger partial charge in [0, 0.05) is 36.6 Å². The number of halogens is 3. The zero-order valence-electron chi connectivity index (χ0n) is 11.4. The van der Waals surface area contributed by atoms with Crippen LogP contribution >= 0.6 is 0 Å². The van der Waals surface area contributed by atoms with Crippen LogP contribution in [0.3, 0.4) is 0 Å². The first-order chi connectivity index (χ1) is 10.0. The molecule has 1 aliphatic carbocycles. The molecule has 0 bridgehead atoms. The monoisotopic (exact) mass is 295 g/mol. The largest absolute Gasteiger partial charge is 0.392 e. The van der Waals surface area contributed by atoms with Crippen molar-refractivity contribution < 1.29 is 13.2 Å². The van der Waals surface area contributed by atoms with Gasteiger partial charge in [-0.25, -0.2) is 4.98 Å². The van der Waals surface area contributed by atoms with Crippen molar-refractivity contribution in [3.8, 4) is 0 Å². The lowest BCUT2D eigenvalue weighted by Crippen LogP contribution is -2.25. The van der Waals surface area contributed by atoms with Crippen LogP contribution in [-0.2, 0) is 6.42 Å². The molecule has 2 atom stereocenters. The fraction of sp³-hybridized carbons (Fsp3) is 0.467. The second kappa shape index (κ2) is 5.50. The highest BCUT2D eigenvalue weighted by atomic mass is 19.4. The number of hydrogen-bond donors (Lipinski definition) is 1. The van der Waals surface area contributed by atoms with Crippen LogP contribution in [0.1, 0.15) is 42.3 Å². The molecule has 0 saturated heterocycles. The molecule has 1 aliphatic rings. The number of aromatic amines is 1. The molecule has 1 N–H and O–H groups in total. The summed E-state index contributed by atoms with van der Waals surface area (Å²) in [5.41, 5.74) is 1.89. The van der Waals surface area contributed by atoms with E-state index in [9.17, 15) is 13.2 Å². The first-order valence-electron chi connectivity index (χ1n) is 7.03. The zero-order chi connectivity index (χ0) is 14.9. The van der Waals surface area contributed by atoms with E-state index < -0.39 is 18.0 Å². The van der Waals surface area contributed by atoms with Crippen LogP contribution in [0.5, 0.6) is 0 Å². The zero-order valence-corrected chi connectivity index (χ0v) is 11.4. The molecular weight excluding hydrogens is 279 g/mol. The lowest BCUT2D eigenvalue weighted by molar-refractivity contribution is -0.176. The first-order valence-corrected chi connectivity index (χ1v) is 7.03. The highest BCUT2D eigenvalue weighted by molar-refractivity contribution is 5.19. The summed E-state index contributed by atoms with van der Waals surface area (Å²) in [6.45, 7) is 0. The topological polar surface area (TPSA) is 41.6 Å². The molecule has 0 aliphatic heterocycles. The van der Waals surface area contributed by atoms with Gasteiger partial charge in [-0.2, -0.15) is 13.2 Å². The number of nitrogens with one attached hydrogen (secondary N) is 1. The third-order valence-electron chi connectivity index (χ3n) is 4.08. The number of pyridine rings is 1. The van der Waals surface area contributed by atoms with Crippen molar-refractivity contribution in [3.05, 3.63) is 47.8 Å². The van der Waals surface area contributed by atoms with Crippen LogP contribution in [0.2, 0.25) is 0 Å². The highest BCUT2D eigenvalue weighted by Gasteiger charge is 2.48. The Bertz CT molecular complexity index is 592. The fourth-order valence-electron chi connectivity index (χ4n) is 3.05. The molecular formula is C15H16F3N3. The minimum atomic E-state index is -4.14. The molecule has 1 saturated carbocycles. The summed E-state index contributed by atoms with van der Waals surface area (Å²) < 4.78 is 39.0. The summed E-state index contributed by atoms with van der Waals surface area (Å²) in [5.74, 6) is -1.33. The minimum Gasteiger partial charge on any atom is -0.345 e. The number of rotatable bonds is 3. The van der Waals surface area contributed by atoms with Gasteiger partial charge in [-0.15, -0.1) is 0 Å². The van der Waals surface area contributed by atoms with Crippen LogP contribution in [0.25, 0.3) is 0 Å². The number of imidazole rings is 1. The van der Waals surface area contributed by atoms with Crippen LogP contribution in [0.15, 0.2) is 30.7 Å². The smallest absolute Gasteiger partial charge is 0.345 e. The van der Waals surface area contributed by atoms with Crippen molar-refractivity contribution in [3.63, 3.8) is 0 Å². The summed E-state index contributed by atoms with van der Waals surface area (Å²) >= 11 is 0. The van der Waals surface area contributed by atoms with E-state index in [-0.39, 0.29) is 6.42 Å². The molecule has 3 nitrogen and oxygen atoms in total. The Kier molecular flexibility index (Phi) is 3.69. The molecule has 6 heteroatoms. The van der Waals surface area contributed by atoms with Crippen molar-refractivity contribution in [2.24, 2.45) is 5.92 Å². The van der Waals surface area contributed by atoms with Crippen molar-refractivity contribution in [2.45, 2.75) is 37.8 Å². The number of H-pyrrole nitrogens is 1. The molecule has 0 amide bonds. The maximum absolute atomic E-state index is 13.0. The molecule has 2 aromatic heterocycles. The lowest BCUT2D eigenvalue weighted by atomic mass is 9.95. The normalized spacial score (nSPS) is 22.6. The van der Waals surface area contributed by atoms with Crippen molar-refractivity contribution in [1.29, 1.82) is 0 Å². The van der Waals surface area contributed by atoms with E-state index in [4.69, 9.17) is 0 Å². The summed E-state index contributed by atoms with van der Waals surface area (Å²) in [5, 5.41) is 0. The average Bonchev–Trinajstić information content (AvgIpc) is 3.07. The second-order valence-electron chi connectivity index (χ2n) is 5.51. The molecule has 2 heterocycles. The van der Waals surface area contributed by atoms with Crippen LogP contribution in [0, 0.1) is 5.92 Å². The van der Waals surface area contributed by atoms with Gasteiger partial charge in [0.2, 0.25) is 0 Å². The molecule has 3 rings (SSSR count). The lowest BCUT2D eigenvalue weighted by Gasteiger charge is -2.20. The van der Waals surface area contributed by atoms with Gasteiger partial charge in [-0.1, -0.05) is 6.42 Å². The summed E-state index contributed by atoms with van der Waals surface area (Å²) in [4.78, 5) is 11.2. The van der Waals surface area contributed by atoms with Gasteiger partial charge in [-0.05, 0) is 30.5 Å². The van der Waals surface area contributed by atoms with Gasteiger partial charge in [0.25, 0.3) is 0 Å². The van der Waals surface area contributed by atoms with E-state index in [0.717, 1.165) is 11.3 Å². The number of hydrogen-bond acceptors (Lipinski definition) is 2. The fourth-order valence-corrected chi connectivity index (χ4v) is 3.05. The molecule has 0 aromatic carbocycles. The van der Waals surface area contributed by atoms with Gasteiger partial charge in [-0.3, -0.25) is 4.98 Å². The predicted molar refractivity (Wildman–Crippen MR) is 71.8 cm³/mol. The summed E-state index contributed by atoms with van der Waals surface area (Å²) in [7, 11) is 0. The second-order valence-corrected chi connectivity index (χ2v) is 5.51. The summed E-state index contributed by atoms with van der Waals surface area (Å²) in [6.07, 6.45) is 2.88. The average molecular weight is 295 g/mol. The van der Waals surface area contributed by atoms with Crippen molar-refractivity contribution in [1.82, 2.24) is 15.0 Å². The Morgan fingerprint density at radius 1 is 1.19 bits per heavy atom. The molecule has 112 valence electrons. The molecule has 0 spiro atoms. The number of aromatic nitrogens is 3. The molecule has 0 unspecified atom stereocenters. The first kappa shape index (κ1) is 14.1. The highest BCUT2D eigenvalue weighted by Crippen LogP contribution is 2.47. The van der Waals surface area contributed by atoms with Gasteiger partial charge in [0.15, 0.2) is 0 Å². The Labute approximate surface area is 120 Å². The van der Waals surface area contributed by atoms with Crippen molar-refractivity contribution >= 4 is 0 Å². The maximum atomic E-state index is 13.0. The third kappa shape index (κ3) is 3.09. The van der Waals surface area contributed by atoms with Gasteiger partial charge in [0.05, 0.1) is 5.92 Å². The van der Waals surface area contributed by atoms with Crippen LogP contribution < -0.4 is 0 Å². The number of alkyl halides is 3. The third-order valence-corrected chi connectivity index (χ3v) is 4.08. The molecule has 21 heavy (non-hydrogen) atoms. The Morgan fingerprint density at radius 2 is 1.95 bits per heavy atom. The SMILES string of the molecule is FC(F)(F)[C@H]1CCC[C@H]1c1ncc(Cc2ccncc2)[nH]1. The van der Waals surface area contributed by atoms with Gasteiger partial charge in [0.1, 0.15) is 5.82 Å². The van der Waals surface area contributed by atoms with E-state index in [0.29, 0.717) is 25.1 Å². The molecule has 2 aromatic rings.